The zero-order valence-electron chi connectivity index (χ0n) is 12.4. The number of nitrogens with zero attached hydrogens (tertiary/aromatic N) is 2. The lowest BCUT2D eigenvalue weighted by Gasteiger charge is -2.22. The van der Waals surface area contributed by atoms with E-state index in [0.29, 0.717) is 6.54 Å². The number of nitro benzene ring substituents is 1. The van der Waals surface area contributed by atoms with Crippen LogP contribution in [0.3, 0.4) is 0 Å². The molecule has 3 N–H and O–H groups in total. The highest BCUT2D eigenvalue weighted by molar-refractivity contribution is 5.95. The number of nitrogen functional groups attached to an aromatic ring is 1. The molecule has 2 aromatic rings. The summed E-state index contributed by atoms with van der Waals surface area (Å²) in [5.74, 6) is -0.397. The Labute approximate surface area is 133 Å². The number of aliphatic hydroxyl groups excluding tert-OH is 1. The standard InChI is InChI=1S/C16H17N3O4/c17-14-7-6-13(10-15(14)19(22)23)16(21)18(8-9-20)11-12-4-2-1-3-5-12/h1-7,10,20H,8-9,11,17H2. The van der Waals surface area contributed by atoms with Crippen molar-refractivity contribution in [3.8, 4) is 0 Å². The highest BCUT2D eigenvalue weighted by atomic mass is 16.6. The van der Waals surface area contributed by atoms with Gasteiger partial charge in [0.05, 0.1) is 11.5 Å². The summed E-state index contributed by atoms with van der Waals surface area (Å²) in [6.07, 6.45) is 0. The van der Waals surface area contributed by atoms with Crippen LogP contribution in [0.4, 0.5) is 11.4 Å². The van der Waals surface area contributed by atoms with E-state index in [-0.39, 0.29) is 30.1 Å². The Bertz CT molecular complexity index is 704. The van der Waals surface area contributed by atoms with Crippen LogP contribution in [0.5, 0.6) is 0 Å². The summed E-state index contributed by atoms with van der Waals surface area (Å²) in [6.45, 7) is 0.236. The number of nitrogens with two attached hydrogens (primary N) is 1. The fraction of sp³-hybridized carbons (Fsp3) is 0.188. The number of anilines is 1. The van der Waals surface area contributed by atoms with Gasteiger partial charge in [0.1, 0.15) is 5.69 Å². The Balaban J connectivity index is 2.27. The van der Waals surface area contributed by atoms with Gasteiger partial charge in [-0.15, -0.1) is 0 Å². The molecule has 0 saturated heterocycles. The summed E-state index contributed by atoms with van der Waals surface area (Å²) in [5, 5.41) is 20.1. The first-order valence-electron chi connectivity index (χ1n) is 7.01. The smallest absolute Gasteiger partial charge is 0.292 e. The minimum Gasteiger partial charge on any atom is -0.395 e. The van der Waals surface area contributed by atoms with Crippen molar-refractivity contribution >= 4 is 17.3 Å². The van der Waals surface area contributed by atoms with Gasteiger partial charge in [-0.05, 0) is 17.7 Å². The Morgan fingerprint density at radius 3 is 2.52 bits per heavy atom. The minimum atomic E-state index is -0.625. The van der Waals surface area contributed by atoms with Gasteiger partial charge in [-0.3, -0.25) is 14.9 Å². The predicted molar refractivity (Wildman–Crippen MR) is 85.8 cm³/mol. The molecule has 0 unspecified atom stereocenters. The Morgan fingerprint density at radius 1 is 1.22 bits per heavy atom. The number of rotatable bonds is 6. The fourth-order valence-corrected chi connectivity index (χ4v) is 2.19. The topological polar surface area (TPSA) is 110 Å². The quantitative estimate of drug-likeness (QED) is 0.480. The van der Waals surface area contributed by atoms with Gasteiger partial charge in [-0.2, -0.15) is 0 Å². The molecular formula is C16H17N3O4. The summed E-state index contributed by atoms with van der Waals surface area (Å²) in [4.78, 5) is 24.3. The molecule has 2 rings (SSSR count). The van der Waals surface area contributed by atoms with Crippen molar-refractivity contribution in [3.63, 3.8) is 0 Å². The number of hydrogen-bond donors (Lipinski definition) is 2. The van der Waals surface area contributed by atoms with Crippen molar-refractivity contribution in [1.82, 2.24) is 4.90 Å². The molecule has 0 bridgehead atoms. The van der Waals surface area contributed by atoms with E-state index in [1.54, 1.807) is 0 Å². The van der Waals surface area contributed by atoms with E-state index in [1.807, 2.05) is 30.3 Å². The van der Waals surface area contributed by atoms with Crippen molar-refractivity contribution in [2.45, 2.75) is 6.54 Å². The first-order chi connectivity index (χ1) is 11.0. The summed E-state index contributed by atoms with van der Waals surface area (Å²) >= 11 is 0. The van der Waals surface area contributed by atoms with E-state index in [9.17, 15) is 20.0 Å². The van der Waals surface area contributed by atoms with Gasteiger partial charge in [-0.1, -0.05) is 30.3 Å². The van der Waals surface area contributed by atoms with E-state index in [4.69, 9.17) is 5.73 Å². The lowest BCUT2D eigenvalue weighted by molar-refractivity contribution is -0.383. The fourth-order valence-electron chi connectivity index (χ4n) is 2.19. The molecule has 0 fully saturated rings. The van der Waals surface area contributed by atoms with Crippen molar-refractivity contribution in [1.29, 1.82) is 0 Å². The van der Waals surface area contributed by atoms with E-state index in [0.717, 1.165) is 11.6 Å². The normalized spacial score (nSPS) is 10.3. The first-order valence-corrected chi connectivity index (χ1v) is 7.01. The second-order valence-corrected chi connectivity index (χ2v) is 4.97. The third kappa shape index (κ3) is 4.04. The van der Waals surface area contributed by atoms with Crippen LogP contribution >= 0.6 is 0 Å². The molecule has 0 aliphatic rings. The molecule has 0 spiro atoms. The van der Waals surface area contributed by atoms with E-state index < -0.39 is 10.8 Å². The second-order valence-electron chi connectivity index (χ2n) is 4.97. The molecule has 0 saturated carbocycles. The third-order valence-electron chi connectivity index (χ3n) is 3.35. The molecule has 0 aliphatic heterocycles. The van der Waals surface area contributed by atoms with Gasteiger partial charge >= 0.3 is 0 Å². The Kier molecular flexibility index (Phi) is 5.27. The maximum absolute atomic E-state index is 12.6. The molecule has 2 aromatic carbocycles. The molecule has 0 atom stereocenters. The van der Waals surface area contributed by atoms with Crippen LogP contribution < -0.4 is 5.73 Å². The monoisotopic (exact) mass is 315 g/mol. The number of benzene rings is 2. The van der Waals surface area contributed by atoms with Crippen LogP contribution in [0.2, 0.25) is 0 Å². The highest BCUT2D eigenvalue weighted by Crippen LogP contribution is 2.23. The number of carbonyl (C=O) groups is 1. The second kappa shape index (κ2) is 7.37. The Hall–Kier alpha value is -2.93. The highest BCUT2D eigenvalue weighted by Gasteiger charge is 2.20. The molecule has 23 heavy (non-hydrogen) atoms. The third-order valence-corrected chi connectivity index (χ3v) is 3.35. The first kappa shape index (κ1) is 16.4. The molecule has 120 valence electrons. The van der Waals surface area contributed by atoms with Crippen LogP contribution in [0.15, 0.2) is 48.5 Å². The van der Waals surface area contributed by atoms with Gasteiger partial charge in [-0.25, -0.2) is 0 Å². The van der Waals surface area contributed by atoms with Crippen LogP contribution in [-0.2, 0) is 6.54 Å². The van der Waals surface area contributed by atoms with Crippen LogP contribution in [0.1, 0.15) is 15.9 Å². The molecule has 0 aliphatic carbocycles. The average molecular weight is 315 g/mol. The van der Waals surface area contributed by atoms with E-state index in [2.05, 4.69) is 0 Å². The van der Waals surface area contributed by atoms with Crippen LogP contribution in [-0.4, -0.2) is 34.0 Å². The molecular weight excluding hydrogens is 298 g/mol. The summed E-state index contributed by atoms with van der Waals surface area (Å²) < 4.78 is 0. The van der Waals surface area contributed by atoms with Gasteiger partial charge in [0.2, 0.25) is 0 Å². The van der Waals surface area contributed by atoms with E-state index >= 15 is 0 Å². The number of nitro groups is 1. The number of hydrogen-bond acceptors (Lipinski definition) is 5. The molecule has 0 aromatic heterocycles. The largest absolute Gasteiger partial charge is 0.395 e. The SMILES string of the molecule is Nc1ccc(C(=O)N(CCO)Cc2ccccc2)cc1[N+](=O)[O-]. The summed E-state index contributed by atoms with van der Waals surface area (Å²) in [5.41, 5.74) is 6.30. The van der Waals surface area contributed by atoms with Crippen molar-refractivity contribution in [3.05, 3.63) is 69.8 Å². The van der Waals surface area contributed by atoms with Crippen LogP contribution in [0, 0.1) is 10.1 Å². The van der Waals surface area contributed by atoms with Gasteiger partial charge < -0.3 is 15.7 Å². The van der Waals surface area contributed by atoms with Crippen molar-refractivity contribution < 1.29 is 14.8 Å². The van der Waals surface area contributed by atoms with E-state index in [1.165, 1.54) is 17.0 Å². The minimum absolute atomic E-state index is 0.00307. The average Bonchev–Trinajstić information content (AvgIpc) is 2.55. The summed E-state index contributed by atoms with van der Waals surface area (Å²) in [6, 6.07) is 13.2. The zero-order chi connectivity index (χ0) is 16.8. The molecule has 7 nitrogen and oxygen atoms in total. The molecule has 0 heterocycles. The van der Waals surface area contributed by atoms with Crippen molar-refractivity contribution in [2.75, 3.05) is 18.9 Å². The lowest BCUT2D eigenvalue weighted by Crippen LogP contribution is -2.33. The van der Waals surface area contributed by atoms with Gasteiger partial charge in [0, 0.05) is 24.7 Å². The number of amides is 1. The number of carbonyl (C=O) groups excluding carboxylic acids is 1. The molecule has 0 radical (unpaired) electrons. The maximum atomic E-state index is 12.6. The van der Waals surface area contributed by atoms with Crippen LogP contribution in [0.25, 0.3) is 0 Å². The maximum Gasteiger partial charge on any atom is 0.292 e. The molecule has 7 heteroatoms. The lowest BCUT2D eigenvalue weighted by atomic mass is 10.1. The Morgan fingerprint density at radius 2 is 1.91 bits per heavy atom. The summed E-state index contributed by atoms with van der Waals surface area (Å²) in [7, 11) is 0. The number of aliphatic hydroxyl groups is 1. The predicted octanol–water partition coefficient (Wildman–Crippen LogP) is 1.81. The van der Waals surface area contributed by atoms with Gasteiger partial charge in [0.15, 0.2) is 0 Å². The van der Waals surface area contributed by atoms with Gasteiger partial charge in [0.25, 0.3) is 11.6 Å². The van der Waals surface area contributed by atoms with Crippen molar-refractivity contribution in [2.24, 2.45) is 0 Å². The zero-order valence-corrected chi connectivity index (χ0v) is 12.4. The molecule has 1 amide bonds.